The Labute approximate surface area is 121 Å². The minimum Gasteiger partial charge on any atom is -0.464 e. The van der Waals surface area contributed by atoms with Crippen molar-refractivity contribution >= 4 is 24.1 Å². The van der Waals surface area contributed by atoms with E-state index >= 15 is 0 Å². The number of ether oxygens (including phenoxy) is 1. The van der Waals surface area contributed by atoms with Crippen LogP contribution in [0.1, 0.15) is 26.3 Å². The van der Waals surface area contributed by atoms with Gasteiger partial charge < -0.3 is 15.8 Å². The van der Waals surface area contributed by atoms with Gasteiger partial charge in [-0.15, -0.1) is 12.4 Å². The minimum atomic E-state index is -0.325. The maximum Gasteiger partial charge on any atom is 0.328 e. The van der Waals surface area contributed by atoms with Crippen LogP contribution in [-0.2, 0) is 16.1 Å². The highest BCUT2D eigenvalue weighted by molar-refractivity contribution is 5.85. The Morgan fingerprint density at radius 2 is 1.89 bits per heavy atom. The lowest BCUT2D eigenvalue weighted by molar-refractivity contribution is -0.145. The number of anilines is 1. The molecule has 0 unspecified atom stereocenters. The minimum absolute atomic E-state index is 0. The maximum absolute atomic E-state index is 11.8. The van der Waals surface area contributed by atoms with E-state index in [9.17, 15) is 4.79 Å². The van der Waals surface area contributed by atoms with Crippen molar-refractivity contribution in [1.29, 1.82) is 0 Å². The van der Waals surface area contributed by atoms with Gasteiger partial charge in [0, 0.05) is 12.2 Å². The van der Waals surface area contributed by atoms with Crippen LogP contribution < -0.4 is 11.1 Å². The summed E-state index contributed by atoms with van der Waals surface area (Å²) in [5.41, 5.74) is 7.51. The number of benzene rings is 1. The zero-order chi connectivity index (χ0) is 13.5. The molecule has 5 heteroatoms. The molecule has 0 aliphatic rings. The summed E-state index contributed by atoms with van der Waals surface area (Å²) < 4.78 is 5.06. The standard InChI is InChI=1S/C14H22N2O2.ClH/c1-4-18-14(17)13(10(2)3)16-12-7-5-11(9-15)6-8-12;/h5-8,10,13,16H,4,9,15H2,1-3H3;1H/t13-;/m0./s1. The normalized spacial score (nSPS) is 11.6. The van der Waals surface area contributed by atoms with Crippen molar-refractivity contribution in [3.63, 3.8) is 0 Å². The van der Waals surface area contributed by atoms with Gasteiger partial charge in [-0.25, -0.2) is 4.79 Å². The van der Waals surface area contributed by atoms with E-state index in [4.69, 9.17) is 10.5 Å². The van der Waals surface area contributed by atoms with Gasteiger partial charge in [0.1, 0.15) is 6.04 Å². The first-order valence-electron chi connectivity index (χ1n) is 6.30. The van der Waals surface area contributed by atoms with Gasteiger partial charge in [0.2, 0.25) is 0 Å². The second-order valence-corrected chi connectivity index (χ2v) is 4.52. The summed E-state index contributed by atoms with van der Waals surface area (Å²) in [6, 6.07) is 7.43. The fourth-order valence-corrected chi connectivity index (χ4v) is 1.65. The number of rotatable bonds is 6. The average molecular weight is 287 g/mol. The van der Waals surface area contributed by atoms with E-state index in [0.29, 0.717) is 13.2 Å². The molecule has 0 aromatic heterocycles. The Morgan fingerprint density at radius 1 is 1.32 bits per heavy atom. The highest BCUT2D eigenvalue weighted by Crippen LogP contribution is 2.15. The second kappa shape index (κ2) is 8.77. The van der Waals surface area contributed by atoms with E-state index in [2.05, 4.69) is 5.32 Å². The highest BCUT2D eigenvalue weighted by Gasteiger charge is 2.23. The number of nitrogens with one attached hydrogen (secondary N) is 1. The van der Waals surface area contributed by atoms with Gasteiger partial charge in [0.05, 0.1) is 6.61 Å². The van der Waals surface area contributed by atoms with Crippen LogP contribution in [0.3, 0.4) is 0 Å². The molecule has 0 aliphatic carbocycles. The fraction of sp³-hybridized carbons (Fsp3) is 0.500. The van der Waals surface area contributed by atoms with Crippen LogP contribution in [0.2, 0.25) is 0 Å². The molecule has 0 aliphatic heterocycles. The third kappa shape index (κ3) is 5.49. The van der Waals surface area contributed by atoms with Gasteiger partial charge >= 0.3 is 5.97 Å². The molecule has 1 rings (SSSR count). The number of halogens is 1. The van der Waals surface area contributed by atoms with Crippen LogP contribution in [0.25, 0.3) is 0 Å². The van der Waals surface area contributed by atoms with Gasteiger partial charge in [-0.3, -0.25) is 0 Å². The molecule has 0 saturated carbocycles. The van der Waals surface area contributed by atoms with E-state index in [1.807, 2.05) is 45.0 Å². The molecule has 1 aromatic rings. The molecule has 108 valence electrons. The molecule has 4 nitrogen and oxygen atoms in total. The molecule has 0 fully saturated rings. The third-order valence-corrected chi connectivity index (χ3v) is 2.72. The summed E-state index contributed by atoms with van der Waals surface area (Å²) in [6.07, 6.45) is 0. The van der Waals surface area contributed by atoms with Crippen LogP contribution in [-0.4, -0.2) is 18.6 Å². The summed E-state index contributed by atoms with van der Waals surface area (Å²) in [5, 5.41) is 3.20. The van der Waals surface area contributed by atoms with Crippen LogP contribution in [0.15, 0.2) is 24.3 Å². The van der Waals surface area contributed by atoms with Crippen LogP contribution in [0, 0.1) is 5.92 Å². The summed E-state index contributed by atoms with van der Waals surface area (Å²) in [5.74, 6) is -0.0476. The van der Waals surface area contributed by atoms with Crippen molar-refractivity contribution in [3.8, 4) is 0 Å². The lowest BCUT2D eigenvalue weighted by atomic mass is 10.0. The Hall–Kier alpha value is -1.26. The summed E-state index contributed by atoms with van der Waals surface area (Å²) in [6.45, 7) is 6.71. The molecule has 0 bridgehead atoms. The Kier molecular flexibility index (Phi) is 8.19. The topological polar surface area (TPSA) is 64.3 Å². The van der Waals surface area contributed by atoms with Crippen molar-refractivity contribution in [2.24, 2.45) is 11.7 Å². The largest absolute Gasteiger partial charge is 0.464 e. The number of nitrogens with two attached hydrogens (primary N) is 1. The van der Waals surface area contributed by atoms with Crippen LogP contribution in [0.4, 0.5) is 5.69 Å². The van der Waals surface area contributed by atoms with Crippen LogP contribution in [0.5, 0.6) is 0 Å². The first kappa shape index (κ1) is 17.7. The molecule has 1 atom stereocenters. The number of carbonyl (C=O) groups excluding carboxylic acids is 1. The molecule has 0 saturated heterocycles. The van der Waals surface area contributed by atoms with E-state index in [-0.39, 0.29) is 30.3 Å². The SMILES string of the molecule is CCOC(=O)[C@@H](Nc1ccc(CN)cc1)C(C)C.Cl. The molecule has 0 heterocycles. The maximum atomic E-state index is 11.8. The van der Waals surface area contributed by atoms with Crippen molar-refractivity contribution in [3.05, 3.63) is 29.8 Å². The Balaban J connectivity index is 0.00000324. The molecule has 3 N–H and O–H groups in total. The average Bonchev–Trinajstić information content (AvgIpc) is 2.36. The Morgan fingerprint density at radius 3 is 2.32 bits per heavy atom. The quantitative estimate of drug-likeness (QED) is 0.789. The predicted octanol–water partition coefficient (Wildman–Crippen LogP) is 2.57. The summed E-state index contributed by atoms with van der Waals surface area (Å²) in [4.78, 5) is 11.8. The van der Waals surface area contributed by atoms with Crippen molar-refractivity contribution in [2.45, 2.75) is 33.4 Å². The lowest BCUT2D eigenvalue weighted by Gasteiger charge is -2.21. The smallest absolute Gasteiger partial charge is 0.328 e. The fourth-order valence-electron chi connectivity index (χ4n) is 1.65. The van der Waals surface area contributed by atoms with Crippen molar-refractivity contribution < 1.29 is 9.53 Å². The molecular weight excluding hydrogens is 264 g/mol. The van der Waals surface area contributed by atoms with Gasteiger partial charge in [0.25, 0.3) is 0 Å². The van der Waals surface area contributed by atoms with Crippen LogP contribution >= 0.6 is 12.4 Å². The number of esters is 1. The molecule has 0 spiro atoms. The number of hydrogen-bond donors (Lipinski definition) is 2. The second-order valence-electron chi connectivity index (χ2n) is 4.52. The predicted molar refractivity (Wildman–Crippen MR) is 80.5 cm³/mol. The van der Waals surface area contributed by atoms with Gasteiger partial charge in [0.15, 0.2) is 0 Å². The highest BCUT2D eigenvalue weighted by atomic mass is 35.5. The Bertz CT molecular complexity index is 380. The molecule has 0 amide bonds. The first-order chi connectivity index (χ1) is 8.58. The van der Waals surface area contributed by atoms with Crippen molar-refractivity contribution in [2.75, 3.05) is 11.9 Å². The van der Waals surface area contributed by atoms with Gasteiger partial charge in [-0.05, 0) is 30.5 Å². The van der Waals surface area contributed by atoms with E-state index < -0.39 is 0 Å². The van der Waals surface area contributed by atoms with E-state index in [0.717, 1.165) is 11.3 Å². The van der Waals surface area contributed by atoms with Gasteiger partial charge in [-0.1, -0.05) is 26.0 Å². The van der Waals surface area contributed by atoms with E-state index in [1.165, 1.54) is 0 Å². The molecule has 1 aromatic carbocycles. The number of carbonyl (C=O) groups is 1. The molecule has 0 radical (unpaired) electrons. The van der Waals surface area contributed by atoms with Gasteiger partial charge in [-0.2, -0.15) is 0 Å². The monoisotopic (exact) mass is 286 g/mol. The third-order valence-electron chi connectivity index (χ3n) is 2.72. The first-order valence-corrected chi connectivity index (χ1v) is 6.30. The zero-order valence-electron chi connectivity index (χ0n) is 11.7. The van der Waals surface area contributed by atoms with Crippen molar-refractivity contribution in [1.82, 2.24) is 0 Å². The molecule has 19 heavy (non-hydrogen) atoms. The van der Waals surface area contributed by atoms with E-state index in [1.54, 1.807) is 0 Å². The zero-order valence-corrected chi connectivity index (χ0v) is 12.5. The number of hydrogen-bond acceptors (Lipinski definition) is 4. The lowest BCUT2D eigenvalue weighted by Crippen LogP contribution is -2.36. The summed E-state index contributed by atoms with van der Waals surface area (Å²) in [7, 11) is 0. The molecular formula is C14H23ClN2O2. The summed E-state index contributed by atoms with van der Waals surface area (Å²) >= 11 is 0.